The molecule has 2 nitrogen and oxygen atoms in total. The first-order valence-electron chi connectivity index (χ1n) is 9.14. The Balaban J connectivity index is 0. The number of unbranched alkanes of at least 4 members (excludes halogenated alkanes) is 13. The first-order chi connectivity index (χ1) is 11.0. The Morgan fingerprint density at radius 1 is 0.696 bits per heavy atom. The second kappa shape index (κ2) is 22.3. The van der Waals surface area contributed by atoms with E-state index >= 15 is 0 Å². The summed E-state index contributed by atoms with van der Waals surface area (Å²) in [4.78, 5) is 10.3. The summed E-state index contributed by atoms with van der Waals surface area (Å²) in [7, 11) is 0. The van der Waals surface area contributed by atoms with Crippen LogP contribution in [-0.4, -0.2) is 15.4 Å². The van der Waals surface area contributed by atoms with Crippen molar-refractivity contribution in [1.82, 2.24) is 0 Å². The smallest absolute Gasteiger partial charge is 0.303 e. The number of carboxylic acids is 1. The minimum atomic E-state index is -0.750. The van der Waals surface area contributed by atoms with E-state index in [1.807, 2.05) is 0 Å². The second-order valence-corrected chi connectivity index (χ2v) is 7.97. The lowest BCUT2D eigenvalue weighted by molar-refractivity contribution is -0.137. The molecule has 0 unspecified atom stereocenters. The van der Waals surface area contributed by atoms with Gasteiger partial charge in [0.25, 0.3) is 0 Å². The summed E-state index contributed by atoms with van der Waals surface area (Å²) in [5.41, 5.74) is 0. The number of alkyl halides is 3. The highest BCUT2D eigenvalue weighted by molar-refractivity contribution is 6.63. The molecule has 0 amide bonds. The van der Waals surface area contributed by atoms with Crippen molar-refractivity contribution in [2.75, 3.05) is 0 Å². The third kappa shape index (κ3) is 34.6. The standard InChI is InChI=1S/C17H34O2.CHCl3/c1-2-3-4-5-6-7-8-9-10-11-12-13-14-15-16-17(18)19;2-1(3)4/h2-16H2,1H3,(H,18,19);1H. The largest absolute Gasteiger partial charge is 0.481 e. The molecule has 0 aliphatic heterocycles. The lowest BCUT2D eigenvalue weighted by Gasteiger charge is -2.02. The van der Waals surface area contributed by atoms with Crippen molar-refractivity contribution >= 4 is 40.8 Å². The van der Waals surface area contributed by atoms with E-state index in [2.05, 4.69) is 6.92 Å². The molecule has 1 N–H and O–H groups in total. The Morgan fingerprint density at radius 3 is 1.22 bits per heavy atom. The van der Waals surface area contributed by atoms with Crippen LogP contribution in [0.4, 0.5) is 0 Å². The molecule has 0 atom stereocenters. The lowest BCUT2D eigenvalue weighted by atomic mass is 10.0. The monoisotopic (exact) mass is 388 g/mol. The number of carboxylic acid groups (broad SMARTS) is 1. The fraction of sp³-hybridized carbons (Fsp3) is 0.944. The number of aliphatic carboxylic acids is 1. The molecule has 0 aliphatic carbocycles. The Morgan fingerprint density at radius 2 is 0.957 bits per heavy atom. The molecule has 0 aromatic rings. The van der Waals surface area contributed by atoms with Crippen molar-refractivity contribution in [3.8, 4) is 0 Å². The van der Waals surface area contributed by atoms with Crippen molar-refractivity contribution in [2.24, 2.45) is 0 Å². The van der Waals surface area contributed by atoms with Gasteiger partial charge in [-0.05, 0) is 6.42 Å². The first-order valence-corrected chi connectivity index (χ1v) is 10.5. The van der Waals surface area contributed by atoms with Gasteiger partial charge in [-0.1, -0.05) is 125 Å². The zero-order valence-electron chi connectivity index (χ0n) is 14.7. The molecule has 0 spiro atoms. The van der Waals surface area contributed by atoms with Gasteiger partial charge in [0.2, 0.25) is 0 Å². The molecule has 0 saturated carbocycles. The maximum atomic E-state index is 10.3. The minimum Gasteiger partial charge on any atom is -0.481 e. The number of carbonyl (C=O) groups is 1. The highest BCUT2D eigenvalue weighted by Gasteiger charge is 1.96. The molecule has 0 saturated heterocycles. The fourth-order valence-corrected chi connectivity index (χ4v) is 2.47. The Bertz CT molecular complexity index is 234. The average molecular weight is 390 g/mol. The molecule has 0 heterocycles. The molecule has 0 rings (SSSR count). The zero-order valence-corrected chi connectivity index (χ0v) is 16.9. The van der Waals surface area contributed by atoms with Gasteiger partial charge < -0.3 is 5.11 Å². The van der Waals surface area contributed by atoms with Crippen LogP contribution >= 0.6 is 34.8 Å². The van der Waals surface area contributed by atoms with Gasteiger partial charge in [0, 0.05) is 6.42 Å². The van der Waals surface area contributed by atoms with E-state index < -0.39 is 10.3 Å². The van der Waals surface area contributed by atoms with Crippen LogP contribution in [0.25, 0.3) is 0 Å². The summed E-state index contributed by atoms with van der Waals surface area (Å²) in [5.74, 6) is -0.654. The maximum absolute atomic E-state index is 10.3. The van der Waals surface area contributed by atoms with Gasteiger partial charge in [-0.25, -0.2) is 0 Å². The van der Waals surface area contributed by atoms with Gasteiger partial charge in [0.15, 0.2) is 4.30 Å². The van der Waals surface area contributed by atoms with Crippen LogP contribution in [0.2, 0.25) is 0 Å². The number of hydrogen-bond donors (Lipinski definition) is 1. The second-order valence-electron chi connectivity index (χ2n) is 5.99. The predicted molar refractivity (Wildman–Crippen MR) is 104 cm³/mol. The van der Waals surface area contributed by atoms with E-state index in [0.29, 0.717) is 6.42 Å². The summed E-state index contributed by atoms with van der Waals surface area (Å²) >= 11 is 14.4. The van der Waals surface area contributed by atoms with Gasteiger partial charge in [-0.2, -0.15) is 0 Å². The van der Waals surface area contributed by atoms with Gasteiger partial charge in [-0.15, -0.1) is 0 Å². The van der Waals surface area contributed by atoms with Crippen molar-refractivity contribution in [2.45, 2.75) is 108 Å². The number of rotatable bonds is 15. The Kier molecular flexibility index (Phi) is 24.8. The molecular weight excluding hydrogens is 355 g/mol. The third-order valence-electron chi connectivity index (χ3n) is 3.74. The summed E-state index contributed by atoms with van der Waals surface area (Å²) in [6, 6.07) is 0. The van der Waals surface area contributed by atoms with Crippen LogP contribution in [0, 0.1) is 0 Å². The van der Waals surface area contributed by atoms with E-state index in [0.717, 1.165) is 12.8 Å². The number of halogens is 3. The average Bonchev–Trinajstić information content (AvgIpc) is 2.47. The van der Waals surface area contributed by atoms with E-state index in [1.54, 1.807) is 0 Å². The highest BCUT2D eigenvalue weighted by Crippen LogP contribution is 2.13. The molecule has 0 fully saturated rings. The van der Waals surface area contributed by atoms with Crippen LogP contribution in [0.1, 0.15) is 103 Å². The molecule has 140 valence electrons. The van der Waals surface area contributed by atoms with Gasteiger partial charge in [-0.3, -0.25) is 4.79 Å². The molecular formula is C18H35Cl3O2. The van der Waals surface area contributed by atoms with Gasteiger partial charge in [0.1, 0.15) is 0 Å². The van der Waals surface area contributed by atoms with Gasteiger partial charge >= 0.3 is 5.97 Å². The molecule has 23 heavy (non-hydrogen) atoms. The SMILES string of the molecule is CCCCCCCCCCCCCCCCC(=O)O.ClC(Cl)Cl. The van der Waals surface area contributed by atoms with Crippen LogP contribution < -0.4 is 0 Å². The van der Waals surface area contributed by atoms with Crippen LogP contribution in [0.5, 0.6) is 0 Å². The summed E-state index contributed by atoms with van der Waals surface area (Å²) in [5, 5.41) is 8.50. The topological polar surface area (TPSA) is 37.3 Å². The molecule has 0 aliphatic rings. The summed E-state index contributed by atoms with van der Waals surface area (Å²) < 4.78 is -0.750. The van der Waals surface area contributed by atoms with E-state index in [1.165, 1.54) is 77.0 Å². The maximum Gasteiger partial charge on any atom is 0.303 e. The van der Waals surface area contributed by atoms with Crippen molar-refractivity contribution in [3.63, 3.8) is 0 Å². The predicted octanol–water partition coefficient (Wildman–Crippen LogP) is 7.93. The molecule has 0 bridgehead atoms. The van der Waals surface area contributed by atoms with Crippen LogP contribution in [-0.2, 0) is 4.79 Å². The Labute approximate surface area is 158 Å². The highest BCUT2D eigenvalue weighted by atomic mass is 35.6. The fourth-order valence-electron chi connectivity index (χ4n) is 2.47. The molecule has 0 aromatic carbocycles. The van der Waals surface area contributed by atoms with Gasteiger partial charge in [0.05, 0.1) is 0 Å². The van der Waals surface area contributed by atoms with E-state index in [9.17, 15) is 4.79 Å². The number of hydrogen-bond acceptors (Lipinski definition) is 1. The first kappa shape index (κ1) is 25.6. The van der Waals surface area contributed by atoms with Crippen LogP contribution in [0.3, 0.4) is 0 Å². The lowest BCUT2D eigenvalue weighted by Crippen LogP contribution is -1.93. The summed E-state index contributed by atoms with van der Waals surface area (Å²) in [6.45, 7) is 2.27. The quantitative estimate of drug-likeness (QED) is 0.228. The molecule has 0 aromatic heterocycles. The van der Waals surface area contributed by atoms with Crippen molar-refractivity contribution in [3.05, 3.63) is 0 Å². The van der Waals surface area contributed by atoms with Crippen molar-refractivity contribution < 1.29 is 9.90 Å². The molecule has 0 radical (unpaired) electrons. The van der Waals surface area contributed by atoms with Crippen molar-refractivity contribution in [1.29, 1.82) is 0 Å². The minimum absolute atomic E-state index is 0.345. The third-order valence-corrected chi connectivity index (χ3v) is 3.74. The zero-order chi connectivity index (χ0) is 17.8. The normalized spacial score (nSPS) is 10.5. The molecule has 5 heteroatoms. The Hall–Kier alpha value is 0.340. The van der Waals surface area contributed by atoms with Crippen LogP contribution in [0.15, 0.2) is 0 Å². The van der Waals surface area contributed by atoms with E-state index in [4.69, 9.17) is 39.9 Å². The summed E-state index contributed by atoms with van der Waals surface area (Å²) in [6.07, 6.45) is 18.7. The van der Waals surface area contributed by atoms with E-state index in [-0.39, 0.29) is 0 Å².